The highest BCUT2D eigenvalue weighted by molar-refractivity contribution is 5.96. The third-order valence-electron chi connectivity index (χ3n) is 2.80. The molecule has 10 heteroatoms. The van der Waals surface area contributed by atoms with Crippen molar-refractivity contribution in [3.63, 3.8) is 0 Å². The second-order valence-electron chi connectivity index (χ2n) is 4.42. The van der Waals surface area contributed by atoms with Crippen molar-refractivity contribution < 1.29 is 22.8 Å². The van der Waals surface area contributed by atoms with Gasteiger partial charge in [-0.3, -0.25) is 24.2 Å². The topological polar surface area (TPSA) is 78.4 Å². The fourth-order valence-electron chi connectivity index (χ4n) is 1.93. The molecule has 1 aromatic heterocycles. The lowest BCUT2D eigenvalue weighted by atomic mass is 10.3. The summed E-state index contributed by atoms with van der Waals surface area (Å²) in [5.41, 5.74) is -0.523. The van der Waals surface area contributed by atoms with Gasteiger partial charge in [-0.1, -0.05) is 0 Å². The molecule has 0 radical (unpaired) electrons. The fraction of sp³-hybridized carbons (Fsp3) is 0.500. The second kappa shape index (κ2) is 4.69. The summed E-state index contributed by atoms with van der Waals surface area (Å²) in [7, 11) is 1.42. The Morgan fingerprint density at radius 3 is 2.55 bits per heavy atom. The fourth-order valence-corrected chi connectivity index (χ4v) is 1.93. The number of H-pyrrole nitrogens is 1. The highest BCUT2D eigenvalue weighted by Crippen LogP contribution is 2.20. The van der Waals surface area contributed by atoms with E-state index < -0.39 is 43.3 Å². The SMILES string of the molecule is Cn1[nH]c(=O)cc1C(=O)N1CC(=O)N(CC(F)(F)F)C1. The minimum atomic E-state index is -4.52. The van der Waals surface area contributed by atoms with E-state index in [1.54, 1.807) is 0 Å². The molecule has 1 fully saturated rings. The van der Waals surface area contributed by atoms with Gasteiger partial charge in [0.15, 0.2) is 0 Å². The molecule has 2 rings (SSSR count). The maximum absolute atomic E-state index is 12.3. The Hall–Kier alpha value is -2.26. The molecule has 2 amide bonds. The van der Waals surface area contributed by atoms with Crippen molar-refractivity contribution >= 4 is 11.8 Å². The number of carbonyl (C=O) groups is 2. The standard InChI is InChI=1S/C10H11F3N4O3/c1-15-6(2-7(18)14-15)9(20)16-3-8(19)17(5-16)4-10(11,12)13/h2H,3-5H2,1H3,(H,14,18). The van der Waals surface area contributed by atoms with Crippen LogP contribution in [0.25, 0.3) is 0 Å². The van der Waals surface area contributed by atoms with Crippen LogP contribution in [0, 0.1) is 0 Å². The van der Waals surface area contributed by atoms with Gasteiger partial charge in [-0.05, 0) is 0 Å². The van der Waals surface area contributed by atoms with Crippen LogP contribution in [0.4, 0.5) is 13.2 Å². The highest BCUT2D eigenvalue weighted by atomic mass is 19.4. The van der Waals surface area contributed by atoms with Crippen molar-refractivity contribution in [2.24, 2.45) is 7.05 Å². The molecule has 0 saturated carbocycles. The lowest BCUT2D eigenvalue weighted by Gasteiger charge is -2.19. The molecule has 1 aliphatic heterocycles. The van der Waals surface area contributed by atoms with Crippen LogP contribution >= 0.6 is 0 Å². The average molecular weight is 292 g/mol. The molecule has 2 heterocycles. The number of alkyl halides is 3. The van der Waals surface area contributed by atoms with Gasteiger partial charge in [0.05, 0.1) is 6.67 Å². The molecule has 0 aromatic carbocycles. The molecule has 0 aliphatic carbocycles. The first-order valence-electron chi connectivity index (χ1n) is 5.57. The Labute approximate surface area is 110 Å². The lowest BCUT2D eigenvalue weighted by Crippen LogP contribution is -2.37. The largest absolute Gasteiger partial charge is 0.406 e. The van der Waals surface area contributed by atoms with Crippen molar-refractivity contribution in [3.05, 3.63) is 22.1 Å². The van der Waals surface area contributed by atoms with Crippen LogP contribution in [0.15, 0.2) is 10.9 Å². The molecule has 0 bridgehead atoms. The predicted molar refractivity (Wildman–Crippen MR) is 59.7 cm³/mol. The van der Waals surface area contributed by atoms with Crippen LogP contribution in [-0.2, 0) is 11.8 Å². The molecule has 20 heavy (non-hydrogen) atoms. The summed E-state index contributed by atoms with van der Waals surface area (Å²) in [4.78, 5) is 36.0. The van der Waals surface area contributed by atoms with Crippen LogP contribution in [0.2, 0.25) is 0 Å². The summed E-state index contributed by atoms with van der Waals surface area (Å²) < 4.78 is 37.9. The Bertz CT molecular complexity index is 604. The van der Waals surface area contributed by atoms with Crippen molar-refractivity contribution in [2.75, 3.05) is 19.8 Å². The summed E-state index contributed by atoms with van der Waals surface area (Å²) in [6.07, 6.45) is -4.52. The minimum absolute atomic E-state index is 0.0170. The number of halogens is 3. The van der Waals surface area contributed by atoms with Gasteiger partial charge in [-0.25, -0.2) is 0 Å². The van der Waals surface area contributed by atoms with Gasteiger partial charge >= 0.3 is 6.18 Å². The highest BCUT2D eigenvalue weighted by Gasteiger charge is 2.39. The van der Waals surface area contributed by atoms with Gasteiger partial charge in [0.25, 0.3) is 11.5 Å². The van der Waals surface area contributed by atoms with Crippen LogP contribution in [0.5, 0.6) is 0 Å². The summed E-state index contributed by atoms with van der Waals surface area (Å²) in [5.74, 6) is -1.46. The number of hydrogen-bond acceptors (Lipinski definition) is 3. The van der Waals surface area contributed by atoms with E-state index in [1.807, 2.05) is 0 Å². The summed E-state index contributed by atoms with van der Waals surface area (Å²) in [6, 6.07) is 1.03. The van der Waals surface area contributed by atoms with Gasteiger partial charge in [-0.2, -0.15) is 13.2 Å². The van der Waals surface area contributed by atoms with Crippen molar-refractivity contribution in [2.45, 2.75) is 6.18 Å². The Kier molecular flexibility index (Phi) is 3.32. The Morgan fingerprint density at radius 2 is 2.05 bits per heavy atom. The molecular formula is C10H11F3N4O3. The molecule has 1 saturated heterocycles. The van der Waals surface area contributed by atoms with E-state index in [0.717, 1.165) is 15.6 Å². The number of aromatic amines is 1. The summed E-state index contributed by atoms with van der Waals surface area (Å²) >= 11 is 0. The van der Waals surface area contributed by atoms with Crippen molar-refractivity contribution in [1.82, 2.24) is 19.6 Å². The molecule has 1 N–H and O–H groups in total. The van der Waals surface area contributed by atoms with E-state index in [4.69, 9.17) is 0 Å². The number of aromatic nitrogens is 2. The Morgan fingerprint density at radius 1 is 1.40 bits per heavy atom. The lowest BCUT2D eigenvalue weighted by molar-refractivity contribution is -0.157. The number of carbonyl (C=O) groups excluding carboxylic acids is 2. The van der Waals surface area contributed by atoms with E-state index in [1.165, 1.54) is 7.05 Å². The van der Waals surface area contributed by atoms with E-state index in [0.29, 0.717) is 4.90 Å². The third kappa shape index (κ3) is 2.83. The Balaban J connectivity index is 2.12. The van der Waals surface area contributed by atoms with E-state index >= 15 is 0 Å². The van der Waals surface area contributed by atoms with Gasteiger partial charge in [0.1, 0.15) is 18.8 Å². The van der Waals surface area contributed by atoms with Crippen LogP contribution in [0.3, 0.4) is 0 Å². The van der Waals surface area contributed by atoms with E-state index in [2.05, 4.69) is 5.10 Å². The molecule has 110 valence electrons. The van der Waals surface area contributed by atoms with E-state index in [-0.39, 0.29) is 5.69 Å². The number of hydrogen-bond donors (Lipinski definition) is 1. The smallest absolute Gasteiger partial charge is 0.314 e. The van der Waals surface area contributed by atoms with Gasteiger partial charge in [-0.15, -0.1) is 0 Å². The zero-order valence-corrected chi connectivity index (χ0v) is 10.4. The summed E-state index contributed by atoms with van der Waals surface area (Å²) in [6.45, 7) is -2.29. The first-order chi connectivity index (χ1) is 9.17. The zero-order valence-electron chi connectivity index (χ0n) is 10.4. The quantitative estimate of drug-likeness (QED) is 0.799. The van der Waals surface area contributed by atoms with Crippen molar-refractivity contribution in [3.8, 4) is 0 Å². The molecule has 0 unspecified atom stereocenters. The molecule has 0 spiro atoms. The third-order valence-corrected chi connectivity index (χ3v) is 2.80. The average Bonchev–Trinajstić information content (AvgIpc) is 2.80. The second-order valence-corrected chi connectivity index (χ2v) is 4.42. The monoisotopic (exact) mass is 292 g/mol. The van der Waals surface area contributed by atoms with E-state index in [9.17, 15) is 27.6 Å². The minimum Gasteiger partial charge on any atom is -0.314 e. The van der Waals surface area contributed by atoms with Crippen molar-refractivity contribution in [1.29, 1.82) is 0 Å². The number of nitrogens with one attached hydrogen (secondary N) is 1. The molecule has 7 nitrogen and oxygen atoms in total. The predicted octanol–water partition coefficient (Wildman–Crippen LogP) is -0.482. The molecule has 0 atom stereocenters. The van der Waals surface area contributed by atoms with Gasteiger partial charge < -0.3 is 9.80 Å². The number of aryl methyl sites for hydroxylation is 1. The maximum Gasteiger partial charge on any atom is 0.406 e. The number of amides is 2. The molecule has 1 aromatic rings. The summed E-state index contributed by atoms with van der Waals surface area (Å²) in [5, 5.41) is 2.31. The van der Waals surface area contributed by atoms with Crippen LogP contribution in [-0.4, -0.2) is 57.3 Å². The number of nitrogens with zero attached hydrogens (tertiary/aromatic N) is 3. The first kappa shape index (κ1) is 14.2. The van der Waals surface area contributed by atoms with Crippen LogP contribution in [0.1, 0.15) is 10.5 Å². The normalized spacial score (nSPS) is 16.1. The number of rotatable bonds is 2. The molecule has 1 aliphatic rings. The van der Waals surface area contributed by atoms with Gasteiger partial charge in [0.2, 0.25) is 5.91 Å². The van der Waals surface area contributed by atoms with Crippen LogP contribution < -0.4 is 5.56 Å². The maximum atomic E-state index is 12.3. The van der Waals surface area contributed by atoms with Gasteiger partial charge in [0, 0.05) is 13.1 Å². The molecular weight excluding hydrogens is 281 g/mol. The first-order valence-corrected chi connectivity index (χ1v) is 5.57. The zero-order chi connectivity index (χ0) is 15.1.